The Morgan fingerprint density at radius 1 is 1.32 bits per heavy atom. The molecule has 0 fully saturated rings. The molecule has 0 aliphatic rings. The number of nitrogens with zero attached hydrogens (tertiary/aromatic N) is 1. The quantitative estimate of drug-likeness (QED) is 0.917. The molecule has 19 heavy (non-hydrogen) atoms. The molecule has 4 heteroatoms. The molecule has 2 aromatic rings. The molecule has 0 saturated carbocycles. The van der Waals surface area contributed by atoms with Crippen LogP contribution in [-0.2, 0) is 6.42 Å². The van der Waals surface area contributed by atoms with E-state index in [1.807, 2.05) is 43.3 Å². The third-order valence-electron chi connectivity index (χ3n) is 2.82. The molecule has 3 nitrogen and oxygen atoms in total. The second-order valence-electron chi connectivity index (χ2n) is 4.40. The molecule has 2 rings (SSSR count). The lowest BCUT2D eigenvalue weighted by molar-refractivity contribution is 0.318. The average molecular weight is 321 g/mol. The molecule has 1 atom stereocenters. The van der Waals surface area contributed by atoms with E-state index in [9.17, 15) is 0 Å². The van der Waals surface area contributed by atoms with Crippen molar-refractivity contribution in [3.8, 4) is 5.75 Å². The smallest absolute Gasteiger partial charge is 0.133 e. The van der Waals surface area contributed by atoms with Crippen LogP contribution in [0, 0.1) is 0 Å². The highest BCUT2D eigenvalue weighted by Crippen LogP contribution is 2.27. The number of aromatic nitrogens is 1. The first-order valence-electron chi connectivity index (χ1n) is 6.24. The van der Waals surface area contributed by atoms with Gasteiger partial charge in [-0.15, -0.1) is 0 Å². The van der Waals surface area contributed by atoms with Crippen LogP contribution in [0.5, 0.6) is 5.75 Å². The molecule has 0 radical (unpaired) electrons. The van der Waals surface area contributed by atoms with Crippen LogP contribution in [0.1, 0.15) is 24.2 Å². The third-order valence-corrected chi connectivity index (χ3v) is 3.44. The Morgan fingerprint density at radius 2 is 2.16 bits per heavy atom. The number of pyridine rings is 1. The number of halogens is 1. The van der Waals surface area contributed by atoms with Crippen molar-refractivity contribution in [2.45, 2.75) is 19.4 Å². The summed E-state index contributed by atoms with van der Waals surface area (Å²) >= 11 is 3.51. The Labute approximate surface area is 121 Å². The van der Waals surface area contributed by atoms with Crippen molar-refractivity contribution < 1.29 is 4.74 Å². The van der Waals surface area contributed by atoms with Crippen molar-refractivity contribution in [2.24, 2.45) is 5.73 Å². The van der Waals surface area contributed by atoms with E-state index in [1.54, 1.807) is 6.20 Å². The van der Waals surface area contributed by atoms with Gasteiger partial charge in [0.05, 0.1) is 11.1 Å². The molecule has 100 valence electrons. The summed E-state index contributed by atoms with van der Waals surface area (Å²) in [5.41, 5.74) is 7.96. The third kappa shape index (κ3) is 4.04. The van der Waals surface area contributed by atoms with Gasteiger partial charge in [0.15, 0.2) is 0 Å². The van der Waals surface area contributed by atoms with Gasteiger partial charge in [-0.25, -0.2) is 0 Å². The van der Waals surface area contributed by atoms with Crippen molar-refractivity contribution in [2.75, 3.05) is 6.61 Å². The van der Waals surface area contributed by atoms with Gasteiger partial charge in [0.1, 0.15) is 5.75 Å². The number of hydrogen-bond donors (Lipinski definition) is 1. The van der Waals surface area contributed by atoms with E-state index < -0.39 is 0 Å². The van der Waals surface area contributed by atoms with Crippen molar-refractivity contribution in [3.05, 3.63) is 58.3 Å². The highest BCUT2D eigenvalue weighted by Gasteiger charge is 2.05. The van der Waals surface area contributed by atoms with Gasteiger partial charge in [-0.2, -0.15) is 0 Å². The zero-order valence-electron chi connectivity index (χ0n) is 10.8. The number of benzene rings is 1. The van der Waals surface area contributed by atoms with Crippen molar-refractivity contribution in [1.29, 1.82) is 0 Å². The molecule has 0 aliphatic carbocycles. The van der Waals surface area contributed by atoms with Gasteiger partial charge >= 0.3 is 0 Å². The first-order valence-corrected chi connectivity index (χ1v) is 7.04. The minimum atomic E-state index is 0.0267. The van der Waals surface area contributed by atoms with Gasteiger partial charge in [0, 0.05) is 24.4 Å². The van der Waals surface area contributed by atoms with Crippen LogP contribution in [0.15, 0.2) is 47.1 Å². The topological polar surface area (TPSA) is 48.1 Å². The Morgan fingerprint density at radius 3 is 2.79 bits per heavy atom. The largest absolute Gasteiger partial charge is 0.492 e. The molecule has 0 amide bonds. The fraction of sp³-hybridized carbons (Fsp3) is 0.267. The van der Waals surface area contributed by atoms with Crippen LogP contribution in [-0.4, -0.2) is 11.6 Å². The van der Waals surface area contributed by atoms with Crippen LogP contribution >= 0.6 is 15.9 Å². The maximum absolute atomic E-state index is 5.84. The molecule has 2 N–H and O–H groups in total. The van der Waals surface area contributed by atoms with Crippen LogP contribution in [0.4, 0.5) is 0 Å². The van der Waals surface area contributed by atoms with Gasteiger partial charge in [-0.05, 0) is 52.7 Å². The number of ether oxygens (including phenoxy) is 1. The molecule has 1 aromatic heterocycles. The minimum Gasteiger partial charge on any atom is -0.492 e. The molecule has 1 aromatic carbocycles. The SMILES string of the molecule is C[C@H](N)c1ccc(OCCc2ccccn2)c(Br)c1. The normalized spacial score (nSPS) is 12.2. The Hall–Kier alpha value is -1.39. The lowest BCUT2D eigenvalue weighted by atomic mass is 10.1. The molecule has 0 bridgehead atoms. The summed E-state index contributed by atoms with van der Waals surface area (Å²) in [6, 6.07) is 11.9. The van der Waals surface area contributed by atoms with Gasteiger partial charge in [0.25, 0.3) is 0 Å². The fourth-order valence-corrected chi connectivity index (χ4v) is 2.24. The highest BCUT2D eigenvalue weighted by molar-refractivity contribution is 9.10. The second kappa shape index (κ2) is 6.68. The highest BCUT2D eigenvalue weighted by atomic mass is 79.9. The fourth-order valence-electron chi connectivity index (χ4n) is 1.73. The summed E-state index contributed by atoms with van der Waals surface area (Å²) in [5.74, 6) is 0.834. The van der Waals surface area contributed by atoms with E-state index in [1.165, 1.54) is 0 Å². The summed E-state index contributed by atoms with van der Waals surface area (Å²) in [7, 11) is 0. The standard InChI is InChI=1S/C15H17BrN2O/c1-11(17)12-5-6-15(14(16)10-12)19-9-7-13-4-2-3-8-18-13/h2-6,8,10-11H,7,9,17H2,1H3/t11-/m0/s1. The zero-order chi connectivity index (χ0) is 13.7. The molecule has 1 heterocycles. The summed E-state index contributed by atoms with van der Waals surface area (Å²) in [6.45, 7) is 2.57. The van der Waals surface area contributed by atoms with Crippen LogP contribution in [0.25, 0.3) is 0 Å². The average Bonchev–Trinajstić information content (AvgIpc) is 2.41. The lowest BCUT2D eigenvalue weighted by Gasteiger charge is -2.11. The zero-order valence-corrected chi connectivity index (χ0v) is 12.4. The molecule has 0 aliphatic heterocycles. The maximum atomic E-state index is 5.84. The van der Waals surface area contributed by atoms with E-state index in [4.69, 9.17) is 10.5 Å². The van der Waals surface area contributed by atoms with Gasteiger partial charge in [0.2, 0.25) is 0 Å². The lowest BCUT2D eigenvalue weighted by Crippen LogP contribution is -2.06. The van der Waals surface area contributed by atoms with Gasteiger partial charge < -0.3 is 10.5 Å². The van der Waals surface area contributed by atoms with E-state index >= 15 is 0 Å². The molecular formula is C15H17BrN2O. The van der Waals surface area contributed by atoms with Crippen molar-refractivity contribution in [1.82, 2.24) is 4.98 Å². The first-order chi connectivity index (χ1) is 9.16. The van der Waals surface area contributed by atoms with Gasteiger partial charge in [-0.3, -0.25) is 4.98 Å². The summed E-state index contributed by atoms with van der Waals surface area (Å²) in [6.07, 6.45) is 2.59. The van der Waals surface area contributed by atoms with E-state index in [2.05, 4.69) is 20.9 Å². The number of rotatable bonds is 5. The number of nitrogens with two attached hydrogens (primary N) is 1. The minimum absolute atomic E-state index is 0.0267. The maximum Gasteiger partial charge on any atom is 0.133 e. The first kappa shape index (κ1) is 14.0. The molecule has 0 spiro atoms. The summed E-state index contributed by atoms with van der Waals surface area (Å²) < 4.78 is 6.68. The van der Waals surface area contributed by atoms with Crippen LogP contribution < -0.4 is 10.5 Å². The second-order valence-corrected chi connectivity index (χ2v) is 5.25. The Kier molecular flexibility index (Phi) is 4.93. The van der Waals surface area contributed by atoms with Crippen LogP contribution in [0.2, 0.25) is 0 Å². The number of hydrogen-bond acceptors (Lipinski definition) is 3. The van der Waals surface area contributed by atoms with E-state index in [-0.39, 0.29) is 6.04 Å². The molecular weight excluding hydrogens is 304 g/mol. The summed E-state index contributed by atoms with van der Waals surface area (Å²) in [4.78, 5) is 4.26. The van der Waals surface area contributed by atoms with E-state index in [0.29, 0.717) is 6.61 Å². The van der Waals surface area contributed by atoms with Crippen LogP contribution in [0.3, 0.4) is 0 Å². The summed E-state index contributed by atoms with van der Waals surface area (Å²) in [5, 5.41) is 0. The van der Waals surface area contributed by atoms with Crippen molar-refractivity contribution >= 4 is 15.9 Å². The van der Waals surface area contributed by atoms with Crippen molar-refractivity contribution in [3.63, 3.8) is 0 Å². The predicted octanol–water partition coefficient (Wildman–Crippen LogP) is 3.49. The monoisotopic (exact) mass is 320 g/mol. The van der Waals surface area contributed by atoms with E-state index in [0.717, 1.165) is 27.9 Å². The Balaban J connectivity index is 1.93. The van der Waals surface area contributed by atoms with Gasteiger partial charge in [-0.1, -0.05) is 12.1 Å². The molecule has 0 saturated heterocycles. The Bertz CT molecular complexity index is 529. The molecule has 0 unspecified atom stereocenters. The predicted molar refractivity (Wildman–Crippen MR) is 80.2 cm³/mol.